The van der Waals surface area contributed by atoms with E-state index in [2.05, 4.69) is 11.7 Å². The molecule has 64 valence electrons. The summed E-state index contributed by atoms with van der Waals surface area (Å²) in [5, 5.41) is 0. The largest absolute Gasteiger partial charge is 0.293 e. The summed E-state index contributed by atoms with van der Waals surface area (Å²) in [7, 11) is 0. The van der Waals surface area contributed by atoms with E-state index in [9.17, 15) is 4.39 Å². The third kappa shape index (κ3) is 1.52. The SMILES string of the molecule is C=NC(C)c1cccc(C)c1F. The summed E-state index contributed by atoms with van der Waals surface area (Å²) in [5.41, 5.74) is 1.27. The Hall–Kier alpha value is -1.18. The Morgan fingerprint density at radius 1 is 1.50 bits per heavy atom. The molecule has 0 spiro atoms. The predicted molar refractivity (Wildman–Crippen MR) is 49.1 cm³/mol. The monoisotopic (exact) mass is 165 g/mol. The van der Waals surface area contributed by atoms with Gasteiger partial charge in [0.1, 0.15) is 5.82 Å². The molecule has 0 N–H and O–H groups in total. The summed E-state index contributed by atoms with van der Waals surface area (Å²) in [6, 6.07) is 5.15. The predicted octanol–water partition coefficient (Wildman–Crippen LogP) is 2.90. The summed E-state index contributed by atoms with van der Waals surface area (Å²) in [6.45, 7) is 6.96. The van der Waals surface area contributed by atoms with Crippen LogP contribution in [0.3, 0.4) is 0 Å². The summed E-state index contributed by atoms with van der Waals surface area (Å²) >= 11 is 0. The minimum atomic E-state index is -0.169. The summed E-state index contributed by atoms with van der Waals surface area (Å²) in [6.07, 6.45) is 0. The number of aryl methyl sites for hydroxylation is 1. The van der Waals surface area contributed by atoms with Crippen LogP contribution < -0.4 is 0 Å². The van der Waals surface area contributed by atoms with Gasteiger partial charge in [-0.05, 0) is 26.1 Å². The molecular weight excluding hydrogens is 153 g/mol. The van der Waals surface area contributed by atoms with E-state index in [1.54, 1.807) is 19.1 Å². The van der Waals surface area contributed by atoms with E-state index in [0.29, 0.717) is 11.1 Å². The molecule has 0 amide bonds. The van der Waals surface area contributed by atoms with Gasteiger partial charge in [-0.25, -0.2) is 4.39 Å². The van der Waals surface area contributed by atoms with Crippen LogP contribution in [0.5, 0.6) is 0 Å². The van der Waals surface area contributed by atoms with Crippen molar-refractivity contribution in [2.45, 2.75) is 19.9 Å². The molecule has 0 aliphatic heterocycles. The topological polar surface area (TPSA) is 12.4 Å². The highest BCUT2D eigenvalue weighted by Gasteiger charge is 2.09. The van der Waals surface area contributed by atoms with E-state index < -0.39 is 0 Å². The molecule has 1 atom stereocenters. The van der Waals surface area contributed by atoms with Crippen molar-refractivity contribution >= 4 is 6.72 Å². The highest BCUT2D eigenvalue weighted by Crippen LogP contribution is 2.21. The lowest BCUT2D eigenvalue weighted by molar-refractivity contribution is 0.586. The van der Waals surface area contributed by atoms with Crippen LogP contribution in [-0.2, 0) is 0 Å². The zero-order chi connectivity index (χ0) is 9.14. The number of rotatable bonds is 2. The molecule has 0 saturated carbocycles. The number of nitrogens with zero attached hydrogens (tertiary/aromatic N) is 1. The van der Waals surface area contributed by atoms with Crippen molar-refractivity contribution in [1.29, 1.82) is 0 Å². The minimum Gasteiger partial charge on any atom is -0.293 e. The summed E-state index contributed by atoms with van der Waals surface area (Å²) in [4.78, 5) is 3.77. The molecule has 0 fully saturated rings. The van der Waals surface area contributed by atoms with E-state index in [0.717, 1.165) is 0 Å². The van der Waals surface area contributed by atoms with Crippen LogP contribution >= 0.6 is 0 Å². The summed E-state index contributed by atoms with van der Waals surface area (Å²) < 4.78 is 13.4. The van der Waals surface area contributed by atoms with Gasteiger partial charge in [-0.15, -0.1) is 0 Å². The van der Waals surface area contributed by atoms with Crippen LogP contribution in [0.1, 0.15) is 24.1 Å². The van der Waals surface area contributed by atoms with Gasteiger partial charge in [0.2, 0.25) is 0 Å². The molecule has 0 aromatic heterocycles. The molecule has 0 heterocycles. The second kappa shape index (κ2) is 3.48. The van der Waals surface area contributed by atoms with E-state index in [4.69, 9.17) is 0 Å². The molecule has 1 nitrogen and oxygen atoms in total. The fraction of sp³-hybridized carbons (Fsp3) is 0.300. The van der Waals surface area contributed by atoms with Crippen LogP contribution in [0.4, 0.5) is 4.39 Å². The van der Waals surface area contributed by atoms with Gasteiger partial charge in [-0.1, -0.05) is 18.2 Å². The maximum atomic E-state index is 13.4. The molecule has 0 saturated heterocycles. The first-order chi connectivity index (χ1) is 5.66. The van der Waals surface area contributed by atoms with Gasteiger partial charge in [0, 0.05) is 5.56 Å². The number of aliphatic imine (C=N–C) groups is 1. The second-order valence-electron chi connectivity index (χ2n) is 2.84. The molecular formula is C10H12FN. The Balaban J connectivity index is 3.15. The standard InChI is InChI=1S/C10H12FN/c1-7-5-4-6-9(10(7)11)8(2)12-3/h4-6,8H,3H2,1-2H3. The third-order valence-electron chi connectivity index (χ3n) is 1.95. The van der Waals surface area contributed by atoms with Gasteiger partial charge in [-0.3, -0.25) is 4.99 Å². The van der Waals surface area contributed by atoms with E-state index in [-0.39, 0.29) is 11.9 Å². The van der Waals surface area contributed by atoms with Crippen molar-refractivity contribution in [2.75, 3.05) is 0 Å². The van der Waals surface area contributed by atoms with Crippen LogP contribution in [-0.4, -0.2) is 6.72 Å². The first kappa shape index (κ1) is 8.91. The normalized spacial score (nSPS) is 12.6. The second-order valence-corrected chi connectivity index (χ2v) is 2.84. The Bertz CT molecular complexity index is 294. The van der Waals surface area contributed by atoms with Crippen LogP contribution in [0, 0.1) is 12.7 Å². The van der Waals surface area contributed by atoms with Crippen molar-refractivity contribution in [3.05, 3.63) is 35.1 Å². The van der Waals surface area contributed by atoms with Crippen molar-refractivity contribution in [3.8, 4) is 0 Å². The van der Waals surface area contributed by atoms with E-state index in [1.165, 1.54) is 0 Å². The van der Waals surface area contributed by atoms with Crippen molar-refractivity contribution in [2.24, 2.45) is 4.99 Å². The van der Waals surface area contributed by atoms with Crippen molar-refractivity contribution in [3.63, 3.8) is 0 Å². The highest BCUT2D eigenvalue weighted by molar-refractivity contribution is 5.31. The van der Waals surface area contributed by atoms with Crippen LogP contribution in [0.25, 0.3) is 0 Å². The lowest BCUT2D eigenvalue weighted by Crippen LogP contribution is -1.95. The van der Waals surface area contributed by atoms with Gasteiger partial charge < -0.3 is 0 Å². The average molecular weight is 165 g/mol. The van der Waals surface area contributed by atoms with Crippen LogP contribution in [0.15, 0.2) is 23.2 Å². The first-order valence-electron chi connectivity index (χ1n) is 3.87. The number of halogens is 1. The lowest BCUT2D eigenvalue weighted by Gasteiger charge is -2.08. The number of benzene rings is 1. The van der Waals surface area contributed by atoms with Gasteiger partial charge in [0.05, 0.1) is 6.04 Å². The fourth-order valence-electron chi connectivity index (χ4n) is 1.09. The Morgan fingerprint density at radius 3 is 2.75 bits per heavy atom. The van der Waals surface area contributed by atoms with Gasteiger partial charge in [-0.2, -0.15) is 0 Å². The van der Waals surface area contributed by atoms with Gasteiger partial charge in [0.15, 0.2) is 0 Å². The van der Waals surface area contributed by atoms with E-state index in [1.807, 2.05) is 13.0 Å². The summed E-state index contributed by atoms with van der Waals surface area (Å²) in [5.74, 6) is -0.169. The Morgan fingerprint density at radius 2 is 2.17 bits per heavy atom. The molecule has 0 bridgehead atoms. The quantitative estimate of drug-likeness (QED) is 0.597. The van der Waals surface area contributed by atoms with Gasteiger partial charge in [0.25, 0.3) is 0 Å². The number of hydrogen-bond donors (Lipinski definition) is 0. The van der Waals surface area contributed by atoms with Crippen LogP contribution in [0.2, 0.25) is 0 Å². The Kier molecular flexibility index (Phi) is 2.58. The molecule has 12 heavy (non-hydrogen) atoms. The zero-order valence-corrected chi connectivity index (χ0v) is 7.34. The van der Waals surface area contributed by atoms with Crippen molar-refractivity contribution in [1.82, 2.24) is 0 Å². The van der Waals surface area contributed by atoms with E-state index >= 15 is 0 Å². The smallest absolute Gasteiger partial charge is 0.131 e. The maximum Gasteiger partial charge on any atom is 0.131 e. The molecule has 1 aromatic rings. The average Bonchev–Trinajstić information content (AvgIpc) is 2.08. The third-order valence-corrected chi connectivity index (χ3v) is 1.95. The number of hydrogen-bond acceptors (Lipinski definition) is 1. The van der Waals surface area contributed by atoms with Crippen molar-refractivity contribution < 1.29 is 4.39 Å². The molecule has 2 heteroatoms. The molecule has 1 rings (SSSR count). The highest BCUT2D eigenvalue weighted by atomic mass is 19.1. The Labute approximate surface area is 72.0 Å². The maximum absolute atomic E-state index is 13.4. The molecule has 1 unspecified atom stereocenters. The fourth-order valence-corrected chi connectivity index (χ4v) is 1.09. The molecule has 1 aromatic carbocycles. The van der Waals surface area contributed by atoms with Gasteiger partial charge >= 0.3 is 0 Å². The zero-order valence-electron chi connectivity index (χ0n) is 7.34. The molecule has 0 aliphatic rings. The minimum absolute atomic E-state index is 0.162. The molecule has 0 aliphatic carbocycles. The lowest BCUT2D eigenvalue weighted by atomic mass is 10.1. The molecule has 0 radical (unpaired) electrons. The first-order valence-corrected chi connectivity index (χ1v) is 3.87.